The Kier molecular flexibility index (Phi) is 5.37. The van der Waals surface area contributed by atoms with Crippen LogP contribution < -0.4 is 11.1 Å². The Balaban J connectivity index is 2.69. The molecule has 1 amide bonds. The first-order valence-corrected chi connectivity index (χ1v) is 7.21. The lowest BCUT2D eigenvalue weighted by Crippen LogP contribution is -2.56. The number of nitrogens with one attached hydrogen (secondary N) is 1. The van der Waals surface area contributed by atoms with E-state index in [0.717, 1.165) is 5.16 Å². The Bertz CT molecular complexity index is 434. The minimum Gasteiger partial charge on any atom is -0.368 e. The fourth-order valence-corrected chi connectivity index (χ4v) is 3.14. The summed E-state index contributed by atoms with van der Waals surface area (Å²) in [5.74, 6) is -0.327. The standard InChI is InChI=1S/C12H23N5OS/c1-8(2)16-12(4,10(13)18)6-9(3)19-11-14-7-15-17(11)5/h7-9,16H,6H2,1-5H3,(H2,13,18). The fourth-order valence-electron chi connectivity index (χ4n) is 2.06. The van der Waals surface area contributed by atoms with Crippen molar-refractivity contribution in [3.05, 3.63) is 6.33 Å². The van der Waals surface area contributed by atoms with E-state index in [1.807, 2.05) is 27.8 Å². The zero-order valence-corrected chi connectivity index (χ0v) is 13.0. The SMILES string of the molecule is CC(C)NC(C)(CC(C)Sc1ncnn1C)C(N)=O. The predicted molar refractivity (Wildman–Crippen MR) is 76.8 cm³/mol. The quantitative estimate of drug-likeness (QED) is 0.728. The molecular formula is C12H23N5OS. The fraction of sp³-hybridized carbons (Fsp3) is 0.750. The number of thioether (sulfide) groups is 1. The number of aryl methyl sites for hydroxylation is 1. The topological polar surface area (TPSA) is 85.8 Å². The molecular weight excluding hydrogens is 262 g/mol. The van der Waals surface area contributed by atoms with Gasteiger partial charge in [0, 0.05) is 18.3 Å². The smallest absolute Gasteiger partial charge is 0.237 e. The number of carbonyl (C=O) groups is 1. The van der Waals surface area contributed by atoms with Gasteiger partial charge in [-0.15, -0.1) is 0 Å². The van der Waals surface area contributed by atoms with Crippen molar-refractivity contribution in [1.29, 1.82) is 0 Å². The predicted octanol–water partition coefficient (Wildman–Crippen LogP) is 0.928. The number of hydrogen-bond acceptors (Lipinski definition) is 5. The zero-order chi connectivity index (χ0) is 14.6. The molecule has 0 aliphatic rings. The maximum atomic E-state index is 11.7. The minimum absolute atomic E-state index is 0.199. The van der Waals surface area contributed by atoms with Crippen molar-refractivity contribution < 1.29 is 4.79 Å². The number of hydrogen-bond donors (Lipinski definition) is 2. The first kappa shape index (κ1) is 16.0. The first-order chi connectivity index (χ1) is 8.74. The van der Waals surface area contributed by atoms with Gasteiger partial charge < -0.3 is 11.1 Å². The van der Waals surface area contributed by atoms with Crippen molar-refractivity contribution in [2.24, 2.45) is 12.8 Å². The van der Waals surface area contributed by atoms with E-state index in [2.05, 4.69) is 22.3 Å². The van der Waals surface area contributed by atoms with E-state index in [0.29, 0.717) is 6.42 Å². The molecule has 1 rings (SSSR count). The summed E-state index contributed by atoms with van der Waals surface area (Å²) in [5.41, 5.74) is 4.82. The van der Waals surface area contributed by atoms with E-state index in [9.17, 15) is 4.79 Å². The molecule has 0 aromatic carbocycles. The van der Waals surface area contributed by atoms with Crippen LogP contribution >= 0.6 is 11.8 Å². The summed E-state index contributed by atoms with van der Waals surface area (Å²) in [6.07, 6.45) is 2.16. The van der Waals surface area contributed by atoms with Crippen molar-refractivity contribution in [1.82, 2.24) is 20.1 Å². The van der Waals surface area contributed by atoms with E-state index in [1.165, 1.54) is 6.33 Å². The highest BCUT2D eigenvalue weighted by Gasteiger charge is 2.33. The Morgan fingerprint density at radius 2 is 2.21 bits per heavy atom. The van der Waals surface area contributed by atoms with Gasteiger partial charge in [-0.1, -0.05) is 18.7 Å². The summed E-state index contributed by atoms with van der Waals surface area (Å²) >= 11 is 1.59. The third-order valence-corrected chi connectivity index (χ3v) is 3.97. The summed E-state index contributed by atoms with van der Waals surface area (Å²) in [6.45, 7) is 7.91. The molecule has 7 heteroatoms. The Morgan fingerprint density at radius 1 is 1.58 bits per heavy atom. The number of aromatic nitrogens is 3. The molecule has 1 aromatic rings. The van der Waals surface area contributed by atoms with Crippen molar-refractivity contribution in [3.8, 4) is 0 Å². The van der Waals surface area contributed by atoms with Crippen LogP contribution in [-0.2, 0) is 11.8 Å². The second-order valence-corrected chi connectivity index (χ2v) is 6.70. The van der Waals surface area contributed by atoms with Crippen LogP contribution in [-0.4, -0.2) is 37.5 Å². The molecule has 0 aliphatic carbocycles. The van der Waals surface area contributed by atoms with Crippen LogP contribution in [0.15, 0.2) is 11.5 Å². The number of rotatable bonds is 7. The molecule has 108 valence electrons. The van der Waals surface area contributed by atoms with Gasteiger partial charge in [0.2, 0.25) is 5.91 Å². The molecule has 0 spiro atoms. The molecule has 2 atom stereocenters. The highest BCUT2D eigenvalue weighted by atomic mass is 32.2. The summed E-state index contributed by atoms with van der Waals surface area (Å²) in [5, 5.41) is 8.31. The Labute approximate surface area is 118 Å². The largest absolute Gasteiger partial charge is 0.368 e. The minimum atomic E-state index is -0.709. The second kappa shape index (κ2) is 6.38. The lowest BCUT2D eigenvalue weighted by Gasteiger charge is -2.31. The Morgan fingerprint density at radius 3 is 2.63 bits per heavy atom. The lowest BCUT2D eigenvalue weighted by atomic mass is 9.94. The summed E-state index contributed by atoms with van der Waals surface area (Å²) in [4.78, 5) is 15.8. The molecule has 3 N–H and O–H groups in total. The van der Waals surface area contributed by atoms with E-state index in [1.54, 1.807) is 16.4 Å². The van der Waals surface area contributed by atoms with Gasteiger partial charge in [0.25, 0.3) is 0 Å². The molecule has 0 aliphatic heterocycles. The highest BCUT2D eigenvalue weighted by Crippen LogP contribution is 2.27. The zero-order valence-electron chi connectivity index (χ0n) is 12.2. The monoisotopic (exact) mass is 285 g/mol. The van der Waals surface area contributed by atoms with Crippen LogP contribution in [0.5, 0.6) is 0 Å². The van der Waals surface area contributed by atoms with Crippen LogP contribution in [0.2, 0.25) is 0 Å². The number of primary amides is 1. The van der Waals surface area contributed by atoms with E-state index < -0.39 is 5.54 Å². The maximum absolute atomic E-state index is 11.7. The van der Waals surface area contributed by atoms with Crippen molar-refractivity contribution in [2.45, 2.75) is 56.1 Å². The van der Waals surface area contributed by atoms with Crippen LogP contribution in [0.25, 0.3) is 0 Å². The van der Waals surface area contributed by atoms with E-state index >= 15 is 0 Å². The molecule has 6 nitrogen and oxygen atoms in total. The molecule has 1 aromatic heterocycles. The highest BCUT2D eigenvalue weighted by molar-refractivity contribution is 7.99. The molecule has 2 unspecified atom stereocenters. The van der Waals surface area contributed by atoms with Crippen LogP contribution in [0, 0.1) is 0 Å². The maximum Gasteiger partial charge on any atom is 0.237 e. The van der Waals surface area contributed by atoms with Crippen LogP contribution in [0.1, 0.15) is 34.1 Å². The van der Waals surface area contributed by atoms with Gasteiger partial charge in [0.05, 0.1) is 5.54 Å². The molecule has 0 fully saturated rings. The van der Waals surface area contributed by atoms with Crippen molar-refractivity contribution >= 4 is 17.7 Å². The van der Waals surface area contributed by atoms with Crippen molar-refractivity contribution in [3.63, 3.8) is 0 Å². The van der Waals surface area contributed by atoms with Crippen LogP contribution in [0.3, 0.4) is 0 Å². The normalized spacial score (nSPS) is 16.3. The van der Waals surface area contributed by atoms with Gasteiger partial charge in [0.1, 0.15) is 6.33 Å². The van der Waals surface area contributed by atoms with E-state index in [4.69, 9.17) is 5.73 Å². The number of amides is 1. The third kappa shape index (κ3) is 4.50. The Hall–Kier alpha value is -1.08. The average molecular weight is 285 g/mol. The molecule has 0 bridgehead atoms. The van der Waals surface area contributed by atoms with E-state index in [-0.39, 0.29) is 17.2 Å². The van der Waals surface area contributed by atoms with Gasteiger partial charge in [-0.3, -0.25) is 4.79 Å². The second-order valence-electron chi connectivity index (χ2n) is 5.29. The molecule has 1 heterocycles. The third-order valence-electron chi connectivity index (χ3n) is 2.82. The van der Waals surface area contributed by atoms with Gasteiger partial charge in [-0.2, -0.15) is 5.10 Å². The first-order valence-electron chi connectivity index (χ1n) is 6.33. The summed E-state index contributed by atoms with van der Waals surface area (Å²) in [7, 11) is 1.85. The molecule has 0 saturated heterocycles. The van der Waals surface area contributed by atoms with Crippen molar-refractivity contribution in [2.75, 3.05) is 0 Å². The lowest BCUT2D eigenvalue weighted by molar-refractivity contribution is -0.124. The van der Waals surface area contributed by atoms with Crippen LogP contribution in [0.4, 0.5) is 0 Å². The van der Waals surface area contributed by atoms with Gasteiger partial charge in [0.15, 0.2) is 5.16 Å². The molecule has 19 heavy (non-hydrogen) atoms. The molecule has 0 saturated carbocycles. The summed E-state index contributed by atoms with van der Waals surface area (Å²) in [6, 6.07) is 0.199. The number of carbonyl (C=O) groups excluding carboxylic acids is 1. The summed E-state index contributed by atoms with van der Waals surface area (Å²) < 4.78 is 1.72. The number of nitrogens with zero attached hydrogens (tertiary/aromatic N) is 3. The van der Waals surface area contributed by atoms with Gasteiger partial charge >= 0.3 is 0 Å². The van der Waals surface area contributed by atoms with Gasteiger partial charge in [-0.25, -0.2) is 9.67 Å². The number of nitrogens with two attached hydrogens (primary N) is 1. The average Bonchev–Trinajstić information content (AvgIpc) is 2.62. The molecule has 0 radical (unpaired) electrons. The van der Waals surface area contributed by atoms with Gasteiger partial charge in [-0.05, 0) is 27.2 Å².